The highest BCUT2D eigenvalue weighted by Crippen LogP contribution is 2.26. The first-order chi connectivity index (χ1) is 4.74. The van der Waals surface area contributed by atoms with Crippen molar-refractivity contribution in [1.29, 1.82) is 0 Å². The average Bonchev–Trinajstić information content (AvgIpc) is 2.34. The van der Waals surface area contributed by atoms with Gasteiger partial charge >= 0.3 is 0 Å². The Balaban J connectivity index is 2.87. The van der Waals surface area contributed by atoms with Crippen molar-refractivity contribution in [2.24, 2.45) is 0 Å². The Hall–Kier alpha value is -0.300. The summed E-state index contributed by atoms with van der Waals surface area (Å²) in [5, 5.41) is 9.10. The Kier molecular flexibility index (Phi) is 2.50. The molecule has 3 heteroatoms. The third-order valence-electron chi connectivity index (χ3n) is 1.02. The summed E-state index contributed by atoms with van der Waals surface area (Å²) < 4.78 is 0.983. The number of rotatable bonds is 1. The summed E-state index contributed by atoms with van der Waals surface area (Å²) in [7, 11) is 0. The molecule has 52 valence electrons. The minimum absolute atomic E-state index is 0.753. The fourth-order valence-corrected chi connectivity index (χ4v) is 1.93. The van der Waals surface area contributed by atoms with Crippen molar-refractivity contribution in [2.45, 2.75) is 6.10 Å². The van der Waals surface area contributed by atoms with Crippen molar-refractivity contribution >= 4 is 27.3 Å². The molecule has 1 rings (SSSR count). The monoisotopic (exact) mass is 216 g/mol. The first kappa shape index (κ1) is 7.80. The van der Waals surface area contributed by atoms with E-state index in [1.165, 1.54) is 11.3 Å². The highest BCUT2D eigenvalue weighted by molar-refractivity contribution is 9.11. The summed E-state index contributed by atoms with van der Waals surface area (Å²) in [6.07, 6.45) is 4.25. The molecule has 0 aliphatic heterocycles. The molecule has 1 heterocycles. The number of aliphatic hydroxyl groups excluding tert-OH is 1. The molecule has 0 fully saturated rings. The van der Waals surface area contributed by atoms with Gasteiger partial charge in [0.1, 0.15) is 6.10 Å². The number of halogens is 1. The van der Waals surface area contributed by atoms with Gasteiger partial charge in [-0.1, -0.05) is 5.92 Å². The molecule has 1 nitrogen and oxygen atoms in total. The van der Waals surface area contributed by atoms with Crippen LogP contribution in [0.15, 0.2) is 15.9 Å². The minimum atomic E-state index is -0.753. The van der Waals surface area contributed by atoms with Crippen LogP contribution in [-0.4, -0.2) is 5.11 Å². The fourth-order valence-electron chi connectivity index (χ4n) is 0.557. The van der Waals surface area contributed by atoms with Gasteiger partial charge in [-0.3, -0.25) is 0 Å². The Morgan fingerprint density at radius 3 is 2.80 bits per heavy atom. The lowest BCUT2D eigenvalue weighted by molar-refractivity contribution is 0.242. The molecule has 1 N–H and O–H groups in total. The van der Waals surface area contributed by atoms with Crippen LogP contribution in [0.2, 0.25) is 0 Å². The minimum Gasteiger partial charge on any atom is -0.375 e. The molecule has 1 aromatic rings. The van der Waals surface area contributed by atoms with Gasteiger partial charge in [-0.2, -0.15) is 0 Å². The molecule has 0 aliphatic carbocycles. The number of terminal acetylenes is 1. The lowest BCUT2D eigenvalue weighted by Crippen LogP contribution is -1.86. The molecule has 0 radical (unpaired) electrons. The second-order valence-corrected chi connectivity index (χ2v) is 4.21. The van der Waals surface area contributed by atoms with Gasteiger partial charge in [0.25, 0.3) is 0 Å². The van der Waals surface area contributed by atoms with Crippen LogP contribution >= 0.6 is 27.3 Å². The first-order valence-electron chi connectivity index (χ1n) is 2.63. The van der Waals surface area contributed by atoms with Crippen LogP contribution in [0.5, 0.6) is 0 Å². The fraction of sp³-hybridized carbons (Fsp3) is 0.143. The standard InChI is InChI=1S/C7H5BrOS/c1-2-5(9)6-3-4-7(8)10-6/h1,3-5,9H. The van der Waals surface area contributed by atoms with Gasteiger partial charge in [-0.05, 0) is 28.1 Å². The van der Waals surface area contributed by atoms with E-state index in [9.17, 15) is 0 Å². The summed E-state index contributed by atoms with van der Waals surface area (Å²) >= 11 is 4.71. The van der Waals surface area contributed by atoms with Gasteiger partial charge in [0, 0.05) is 4.88 Å². The number of hydrogen-bond donors (Lipinski definition) is 1. The summed E-state index contributed by atoms with van der Waals surface area (Å²) in [5.41, 5.74) is 0. The van der Waals surface area contributed by atoms with Crippen LogP contribution in [0.3, 0.4) is 0 Å². The Morgan fingerprint density at radius 1 is 1.70 bits per heavy atom. The number of thiophene rings is 1. The van der Waals surface area contributed by atoms with Crippen molar-refractivity contribution in [2.75, 3.05) is 0 Å². The Morgan fingerprint density at radius 2 is 2.40 bits per heavy atom. The van der Waals surface area contributed by atoms with Crippen molar-refractivity contribution in [1.82, 2.24) is 0 Å². The van der Waals surface area contributed by atoms with Crippen molar-refractivity contribution in [3.8, 4) is 12.3 Å². The average molecular weight is 217 g/mol. The van der Waals surface area contributed by atoms with Gasteiger partial charge in [-0.15, -0.1) is 17.8 Å². The molecule has 0 amide bonds. The highest BCUT2D eigenvalue weighted by Gasteiger charge is 2.04. The Bertz CT molecular complexity index is 261. The maximum atomic E-state index is 9.10. The number of aliphatic hydroxyl groups is 1. The lowest BCUT2D eigenvalue weighted by Gasteiger charge is -1.95. The largest absolute Gasteiger partial charge is 0.375 e. The molecule has 10 heavy (non-hydrogen) atoms. The van der Waals surface area contributed by atoms with Crippen molar-refractivity contribution < 1.29 is 5.11 Å². The smallest absolute Gasteiger partial charge is 0.149 e. The van der Waals surface area contributed by atoms with E-state index in [1.54, 1.807) is 6.07 Å². The van der Waals surface area contributed by atoms with E-state index >= 15 is 0 Å². The van der Waals surface area contributed by atoms with E-state index in [0.717, 1.165) is 8.66 Å². The van der Waals surface area contributed by atoms with Crippen LogP contribution in [0, 0.1) is 12.3 Å². The van der Waals surface area contributed by atoms with E-state index in [1.807, 2.05) is 6.07 Å². The van der Waals surface area contributed by atoms with Crippen LogP contribution in [0.1, 0.15) is 11.0 Å². The summed E-state index contributed by atoms with van der Waals surface area (Å²) in [5.74, 6) is 2.24. The molecule has 0 saturated heterocycles. The van der Waals surface area contributed by atoms with Gasteiger partial charge in [-0.25, -0.2) is 0 Å². The lowest BCUT2D eigenvalue weighted by atomic mass is 10.3. The van der Waals surface area contributed by atoms with Crippen LogP contribution in [0.25, 0.3) is 0 Å². The van der Waals surface area contributed by atoms with Crippen molar-refractivity contribution in [3.05, 3.63) is 20.8 Å². The van der Waals surface area contributed by atoms with E-state index in [-0.39, 0.29) is 0 Å². The topological polar surface area (TPSA) is 20.2 Å². The molecular weight excluding hydrogens is 212 g/mol. The summed E-state index contributed by atoms with van der Waals surface area (Å²) in [4.78, 5) is 0.800. The second-order valence-electron chi connectivity index (χ2n) is 1.71. The zero-order valence-corrected chi connectivity index (χ0v) is 7.45. The van der Waals surface area contributed by atoms with Gasteiger partial charge in [0.2, 0.25) is 0 Å². The maximum absolute atomic E-state index is 9.10. The molecule has 0 aromatic carbocycles. The molecule has 1 aromatic heterocycles. The third kappa shape index (κ3) is 1.60. The molecule has 0 bridgehead atoms. The highest BCUT2D eigenvalue weighted by atomic mass is 79.9. The van der Waals surface area contributed by atoms with Crippen molar-refractivity contribution in [3.63, 3.8) is 0 Å². The zero-order chi connectivity index (χ0) is 7.56. The van der Waals surface area contributed by atoms with Crippen LogP contribution in [0.4, 0.5) is 0 Å². The predicted molar refractivity (Wildman–Crippen MR) is 45.8 cm³/mol. The molecular formula is C7H5BrOS. The SMILES string of the molecule is C#CC(O)c1ccc(Br)s1. The van der Waals surface area contributed by atoms with E-state index in [0.29, 0.717) is 0 Å². The summed E-state index contributed by atoms with van der Waals surface area (Å²) in [6, 6.07) is 3.67. The molecule has 0 aliphatic rings. The quantitative estimate of drug-likeness (QED) is 0.715. The summed E-state index contributed by atoms with van der Waals surface area (Å²) in [6.45, 7) is 0. The van der Waals surface area contributed by atoms with Gasteiger partial charge in [0.05, 0.1) is 3.79 Å². The zero-order valence-electron chi connectivity index (χ0n) is 5.04. The van der Waals surface area contributed by atoms with Gasteiger partial charge in [0.15, 0.2) is 0 Å². The van der Waals surface area contributed by atoms with Crippen LogP contribution in [-0.2, 0) is 0 Å². The Labute approximate surface area is 71.8 Å². The van der Waals surface area contributed by atoms with E-state index in [4.69, 9.17) is 11.5 Å². The van der Waals surface area contributed by atoms with E-state index < -0.39 is 6.10 Å². The molecule has 0 saturated carbocycles. The van der Waals surface area contributed by atoms with Crippen LogP contribution < -0.4 is 0 Å². The van der Waals surface area contributed by atoms with E-state index in [2.05, 4.69) is 21.9 Å². The second kappa shape index (κ2) is 3.20. The maximum Gasteiger partial charge on any atom is 0.149 e. The molecule has 1 atom stereocenters. The normalized spacial score (nSPS) is 12.5. The first-order valence-corrected chi connectivity index (χ1v) is 4.24. The molecule has 1 unspecified atom stereocenters. The van der Waals surface area contributed by atoms with Gasteiger partial charge < -0.3 is 5.11 Å². The molecule has 0 spiro atoms. The predicted octanol–water partition coefficient (Wildman–Crippen LogP) is 2.18. The number of hydrogen-bond acceptors (Lipinski definition) is 2. The third-order valence-corrected chi connectivity index (χ3v) is 2.70.